The lowest BCUT2D eigenvalue weighted by atomic mass is 10.2. The maximum Gasteiger partial charge on any atom is 0.230 e. The van der Waals surface area contributed by atoms with Crippen LogP contribution in [0.15, 0.2) is 46.2 Å². The summed E-state index contributed by atoms with van der Waals surface area (Å²) in [7, 11) is 0. The molecule has 7 heteroatoms. The number of rotatable bonds is 2. The highest BCUT2D eigenvalue weighted by molar-refractivity contribution is 9.10. The van der Waals surface area contributed by atoms with Crippen LogP contribution in [-0.4, -0.2) is 11.1 Å². The largest absolute Gasteiger partial charge is 0.397 e. The number of benzene rings is 1. The van der Waals surface area contributed by atoms with Gasteiger partial charge >= 0.3 is 0 Å². The molecular formula is C13H12BrClN4O. The molecule has 5 nitrogen and oxygen atoms in total. The molecule has 1 amide bonds. The van der Waals surface area contributed by atoms with Crippen LogP contribution in [0.3, 0.4) is 0 Å². The lowest BCUT2D eigenvalue weighted by Gasteiger charge is -2.10. The number of allylic oxidation sites excluding steroid dienone is 2. The monoisotopic (exact) mass is 354 g/mol. The molecule has 104 valence electrons. The fraction of sp³-hybridized carbons (Fsp3) is 0.0769. The maximum absolute atomic E-state index is 11.9. The molecule has 0 fully saturated rings. The highest BCUT2D eigenvalue weighted by Crippen LogP contribution is 2.30. The van der Waals surface area contributed by atoms with Crippen molar-refractivity contribution < 1.29 is 4.79 Å². The van der Waals surface area contributed by atoms with Crippen LogP contribution in [0.4, 0.5) is 11.4 Å². The predicted molar refractivity (Wildman–Crippen MR) is 84.9 cm³/mol. The molecule has 0 spiro atoms. The van der Waals surface area contributed by atoms with E-state index in [1.54, 1.807) is 0 Å². The van der Waals surface area contributed by atoms with Gasteiger partial charge in [0.2, 0.25) is 5.91 Å². The van der Waals surface area contributed by atoms with Crippen molar-refractivity contribution in [3.8, 4) is 0 Å². The van der Waals surface area contributed by atoms with E-state index >= 15 is 0 Å². The molecule has 0 saturated carbocycles. The molecule has 20 heavy (non-hydrogen) atoms. The number of nitrogens with two attached hydrogens (primary N) is 1. The molecule has 0 bridgehead atoms. The molecule has 2 rings (SSSR count). The smallest absolute Gasteiger partial charge is 0.230 e. The predicted octanol–water partition coefficient (Wildman–Crippen LogP) is 3.15. The van der Waals surface area contributed by atoms with Crippen LogP contribution < -0.4 is 16.4 Å². The van der Waals surface area contributed by atoms with Crippen LogP contribution in [-0.2, 0) is 4.79 Å². The van der Waals surface area contributed by atoms with Crippen LogP contribution in [0.1, 0.15) is 6.42 Å². The summed E-state index contributed by atoms with van der Waals surface area (Å²) < 4.78 is 0.870. The lowest BCUT2D eigenvalue weighted by Crippen LogP contribution is -2.13. The Labute approximate surface area is 129 Å². The number of carbonyl (C=O) groups is 1. The Kier molecular flexibility index (Phi) is 4.46. The molecule has 0 aliphatic carbocycles. The van der Waals surface area contributed by atoms with Crippen molar-refractivity contribution in [1.82, 2.24) is 0 Å². The van der Waals surface area contributed by atoms with Gasteiger partial charge in [0.05, 0.1) is 23.5 Å². The molecule has 0 unspecified atom stereocenters. The molecule has 1 aliphatic heterocycles. The second-order valence-corrected chi connectivity index (χ2v) is 5.48. The summed E-state index contributed by atoms with van der Waals surface area (Å²) in [5.74, 6) is -0.165. The number of hydrogen-bond donors (Lipinski definition) is 4. The van der Waals surface area contributed by atoms with E-state index in [2.05, 4.69) is 26.6 Å². The summed E-state index contributed by atoms with van der Waals surface area (Å²) in [6.45, 7) is 0. The van der Waals surface area contributed by atoms with E-state index in [1.807, 2.05) is 18.2 Å². The SMILES string of the molecule is N=C(Cl)C=CC(N)=C1CC(=O)Nc2cc(Br)ccc2N1. The standard InChI is InChI=1S/C13H12BrClN4O/c14-7-1-3-9-11(5-7)19-13(20)6-10(18-9)8(16)2-4-12(15)17/h1-5,17-18H,6,16H2,(H,19,20). The van der Waals surface area contributed by atoms with Crippen LogP contribution in [0.2, 0.25) is 0 Å². The molecule has 0 radical (unpaired) electrons. The third-order valence-corrected chi connectivity index (χ3v) is 3.26. The zero-order valence-corrected chi connectivity index (χ0v) is 12.7. The molecule has 5 N–H and O–H groups in total. The first-order chi connectivity index (χ1) is 9.45. The van der Waals surface area contributed by atoms with E-state index in [0.717, 1.165) is 10.2 Å². The van der Waals surface area contributed by atoms with Crippen molar-refractivity contribution in [2.24, 2.45) is 5.73 Å². The Morgan fingerprint density at radius 1 is 1.35 bits per heavy atom. The minimum Gasteiger partial charge on any atom is -0.397 e. The van der Waals surface area contributed by atoms with Crippen molar-refractivity contribution in [2.45, 2.75) is 6.42 Å². The van der Waals surface area contributed by atoms with E-state index in [1.165, 1.54) is 12.2 Å². The Hall–Kier alpha value is -1.79. The molecule has 1 aromatic carbocycles. The summed E-state index contributed by atoms with van der Waals surface area (Å²) in [5.41, 5.74) is 8.27. The Morgan fingerprint density at radius 2 is 2.10 bits per heavy atom. The zero-order chi connectivity index (χ0) is 14.7. The van der Waals surface area contributed by atoms with Gasteiger partial charge in [-0.25, -0.2) is 0 Å². The first-order valence-corrected chi connectivity index (χ1v) is 6.90. The van der Waals surface area contributed by atoms with Gasteiger partial charge in [-0.3, -0.25) is 10.2 Å². The summed E-state index contributed by atoms with van der Waals surface area (Å²) in [6, 6.07) is 5.51. The van der Waals surface area contributed by atoms with E-state index in [0.29, 0.717) is 17.1 Å². The number of amides is 1. The van der Waals surface area contributed by atoms with E-state index in [-0.39, 0.29) is 17.5 Å². The minimum atomic E-state index is -0.165. The van der Waals surface area contributed by atoms with Gasteiger partial charge in [0, 0.05) is 10.2 Å². The lowest BCUT2D eigenvalue weighted by molar-refractivity contribution is -0.115. The van der Waals surface area contributed by atoms with Crippen LogP contribution in [0.25, 0.3) is 0 Å². The minimum absolute atomic E-state index is 0.123. The van der Waals surface area contributed by atoms with Gasteiger partial charge in [0.25, 0.3) is 0 Å². The van der Waals surface area contributed by atoms with Crippen molar-refractivity contribution >= 4 is 50.0 Å². The number of nitrogens with one attached hydrogen (secondary N) is 3. The Morgan fingerprint density at radius 3 is 2.80 bits per heavy atom. The quantitative estimate of drug-likeness (QED) is 0.614. The second kappa shape index (κ2) is 6.11. The summed E-state index contributed by atoms with van der Waals surface area (Å²) in [6.07, 6.45) is 2.98. The van der Waals surface area contributed by atoms with Gasteiger partial charge in [-0.2, -0.15) is 0 Å². The Balaban J connectivity index is 2.38. The van der Waals surface area contributed by atoms with E-state index in [4.69, 9.17) is 22.7 Å². The van der Waals surface area contributed by atoms with Gasteiger partial charge in [-0.15, -0.1) is 0 Å². The van der Waals surface area contributed by atoms with E-state index in [9.17, 15) is 4.79 Å². The maximum atomic E-state index is 11.9. The number of carbonyl (C=O) groups excluding carboxylic acids is 1. The molecule has 1 heterocycles. The molecule has 0 aromatic heterocycles. The fourth-order valence-corrected chi connectivity index (χ4v) is 2.15. The molecule has 0 saturated heterocycles. The first-order valence-electron chi connectivity index (χ1n) is 5.73. The fourth-order valence-electron chi connectivity index (χ4n) is 1.73. The molecule has 1 aliphatic rings. The van der Waals surface area contributed by atoms with Crippen molar-refractivity contribution in [1.29, 1.82) is 5.41 Å². The molecule has 0 atom stereocenters. The summed E-state index contributed by atoms with van der Waals surface area (Å²) in [5, 5.41) is 12.9. The van der Waals surface area contributed by atoms with Gasteiger partial charge in [0.1, 0.15) is 5.17 Å². The topological polar surface area (TPSA) is 91.0 Å². The number of anilines is 2. The number of fused-ring (bicyclic) bond motifs is 1. The Bertz CT molecular complexity index is 639. The third-order valence-electron chi connectivity index (χ3n) is 2.64. The normalized spacial score (nSPS) is 17.0. The van der Waals surface area contributed by atoms with Gasteiger partial charge < -0.3 is 16.4 Å². The van der Waals surface area contributed by atoms with E-state index < -0.39 is 0 Å². The summed E-state index contributed by atoms with van der Waals surface area (Å²) >= 11 is 8.79. The summed E-state index contributed by atoms with van der Waals surface area (Å²) in [4.78, 5) is 11.9. The zero-order valence-electron chi connectivity index (χ0n) is 10.3. The van der Waals surface area contributed by atoms with Crippen molar-refractivity contribution in [2.75, 3.05) is 10.6 Å². The van der Waals surface area contributed by atoms with Crippen molar-refractivity contribution in [3.05, 3.63) is 46.2 Å². The first kappa shape index (κ1) is 14.6. The highest BCUT2D eigenvalue weighted by atomic mass is 79.9. The number of hydrogen-bond acceptors (Lipinski definition) is 4. The second-order valence-electron chi connectivity index (χ2n) is 4.16. The highest BCUT2D eigenvalue weighted by Gasteiger charge is 2.17. The van der Waals surface area contributed by atoms with Crippen LogP contribution in [0.5, 0.6) is 0 Å². The molecular weight excluding hydrogens is 344 g/mol. The number of halogens is 2. The van der Waals surface area contributed by atoms with Gasteiger partial charge in [-0.1, -0.05) is 27.5 Å². The van der Waals surface area contributed by atoms with Crippen LogP contribution >= 0.6 is 27.5 Å². The van der Waals surface area contributed by atoms with Crippen LogP contribution in [0, 0.1) is 5.41 Å². The van der Waals surface area contributed by atoms with Crippen molar-refractivity contribution in [3.63, 3.8) is 0 Å². The average molecular weight is 356 g/mol. The third kappa shape index (κ3) is 3.61. The van der Waals surface area contributed by atoms with Gasteiger partial charge in [0.15, 0.2) is 0 Å². The molecule has 1 aromatic rings. The van der Waals surface area contributed by atoms with Gasteiger partial charge in [-0.05, 0) is 30.4 Å². The average Bonchev–Trinajstić information content (AvgIpc) is 2.53.